The summed E-state index contributed by atoms with van der Waals surface area (Å²) in [6, 6.07) is 16.1. The number of fused-ring (bicyclic) bond motifs is 1. The molecule has 2 nitrogen and oxygen atoms in total. The Morgan fingerprint density at radius 2 is 1.80 bits per heavy atom. The summed E-state index contributed by atoms with van der Waals surface area (Å²) in [5, 5.41) is 1.29. The first-order chi connectivity index (χ1) is 9.72. The van der Waals surface area contributed by atoms with Crippen molar-refractivity contribution in [2.24, 2.45) is 0 Å². The summed E-state index contributed by atoms with van der Waals surface area (Å²) in [5.74, 6) is -0.274. The Kier molecular flexibility index (Phi) is 3.96. The Morgan fingerprint density at radius 3 is 2.55 bits per heavy atom. The first-order valence-electron chi connectivity index (χ1n) is 6.07. The number of esters is 1. The van der Waals surface area contributed by atoms with E-state index in [1.165, 1.54) is 24.8 Å². The van der Waals surface area contributed by atoms with E-state index in [9.17, 15) is 4.79 Å². The van der Waals surface area contributed by atoms with Gasteiger partial charge in [0.05, 0.1) is 0 Å². The molecule has 0 amide bonds. The summed E-state index contributed by atoms with van der Waals surface area (Å²) >= 11 is 2.62. The molecule has 0 bridgehead atoms. The number of rotatable bonds is 2. The summed E-state index contributed by atoms with van der Waals surface area (Å²) in [7, 11) is 1.42. The number of carbonyl (C=O) groups is 1. The molecule has 0 aliphatic heterocycles. The zero-order valence-corrected chi connectivity index (χ0v) is 14.6. The van der Waals surface area contributed by atoms with E-state index in [-0.39, 0.29) is 20.5 Å². The van der Waals surface area contributed by atoms with Gasteiger partial charge in [0.1, 0.15) is 0 Å². The van der Waals surface area contributed by atoms with Crippen molar-refractivity contribution in [2.75, 3.05) is 7.11 Å². The van der Waals surface area contributed by atoms with E-state index in [1.54, 1.807) is 0 Å². The van der Waals surface area contributed by atoms with Crippen LogP contribution < -0.4 is 0 Å². The van der Waals surface area contributed by atoms with Crippen LogP contribution in [-0.4, -0.2) is 27.6 Å². The van der Waals surface area contributed by atoms with Crippen LogP contribution >= 0.6 is 22.6 Å². The maximum absolute atomic E-state index is 11.9. The summed E-state index contributed by atoms with van der Waals surface area (Å²) < 4.78 is 8.78. The molecule has 1 aromatic heterocycles. The molecular weight excluding hydrogens is 430 g/mol. The van der Waals surface area contributed by atoms with Crippen LogP contribution in [0.3, 0.4) is 0 Å². The molecule has 0 fully saturated rings. The van der Waals surface area contributed by atoms with Gasteiger partial charge in [-0.25, -0.2) is 0 Å². The summed E-state index contributed by atoms with van der Waals surface area (Å²) in [6.07, 6.45) is 0. The molecule has 1 heterocycles. The monoisotopic (exact) mass is 442 g/mol. The van der Waals surface area contributed by atoms with Gasteiger partial charge in [-0.15, -0.1) is 0 Å². The van der Waals surface area contributed by atoms with Crippen LogP contribution in [0.2, 0.25) is 0 Å². The number of hydrogen-bond donors (Lipinski definition) is 0. The van der Waals surface area contributed by atoms with Crippen molar-refractivity contribution < 1.29 is 9.53 Å². The molecule has 4 heteroatoms. The third-order valence-electron chi connectivity index (χ3n) is 3.11. The standard InChI is InChI=1S/C16H11IO2Se/c1-19-16(18)11-7-3-2-6-10(11)15-14(17)12-8-4-5-9-13(12)20-15/h2-9H,1H3. The minimum atomic E-state index is -0.274. The quantitative estimate of drug-likeness (QED) is 0.342. The maximum atomic E-state index is 11.9. The van der Waals surface area contributed by atoms with Gasteiger partial charge in [0.25, 0.3) is 0 Å². The van der Waals surface area contributed by atoms with Gasteiger partial charge in [-0.2, -0.15) is 0 Å². The zero-order chi connectivity index (χ0) is 14.1. The molecule has 0 atom stereocenters. The van der Waals surface area contributed by atoms with E-state index in [4.69, 9.17) is 4.74 Å². The van der Waals surface area contributed by atoms with Gasteiger partial charge in [-0.3, -0.25) is 0 Å². The Morgan fingerprint density at radius 1 is 1.10 bits per heavy atom. The van der Waals surface area contributed by atoms with Gasteiger partial charge in [-0.1, -0.05) is 0 Å². The predicted molar refractivity (Wildman–Crippen MR) is 90.4 cm³/mol. The molecule has 0 saturated carbocycles. The summed E-state index contributed by atoms with van der Waals surface area (Å²) in [4.78, 5) is 11.9. The molecule has 0 unspecified atom stereocenters. The number of carbonyl (C=O) groups excluding carboxylic acids is 1. The van der Waals surface area contributed by atoms with Gasteiger partial charge < -0.3 is 0 Å². The number of hydrogen-bond acceptors (Lipinski definition) is 2. The Balaban J connectivity index is 2.26. The normalized spacial score (nSPS) is 10.7. The molecule has 3 rings (SSSR count). The molecule has 100 valence electrons. The van der Waals surface area contributed by atoms with Crippen LogP contribution in [0.1, 0.15) is 10.4 Å². The van der Waals surface area contributed by atoms with E-state index in [0.717, 1.165) is 5.56 Å². The Bertz CT molecular complexity index is 792. The van der Waals surface area contributed by atoms with Gasteiger partial charge in [0.2, 0.25) is 0 Å². The van der Waals surface area contributed by atoms with E-state index < -0.39 is 0 Å². The second kappa shape index (κ2) is 5.72. The van der Waals surface area contributed by atoms with Crippen LogP contribution in [0.15, 0.2) is 48.5 Å². The predicted octanol–water partition coefficient (Wildman–Crippen LogP) is 3.96. The molecule has 0 N–H and O–H groups in total. The second-order valence-electron chi connectivity index (χ2n) is 4.28. The fraction of sp³-hybridized carbons (Fsp3) is 0.0625. The second-order valence-corrected chi connectivity index (χ2v) is 7.56. The molecule has 0 spiro atoms. The van der Waals surface area contributed by atoms with Gasteiger partial charge in [-0.05, 0) is 0 Å². The van der Waals surface area contributed by atoms with Crippen LogP contribution in [0.25, 0.3) is 19.6 Å². The first kappa shape index (κ1) is 13.9. The molecule has 0 aliphatic rings. The average Bonchev–Trinajstić information content (AvgIpc) is 2.84. The van der Waals surface area contributed by atoms with E-state index in [1.807, 2.05) is 24.3 Å². The van der Waals surface area contributed by atoms with Crippen molar-refractivity contribution in [1.29, 1.82) is 0 Å². The van der Waals surface area contributed by atoms with Crippen molar-refractivity contribution >= 4 is 52.7 Å². The molecule has 3 aromatic rings. The number of ether oxygens (including phenoxy) is 1. The van der Waals surface area contributed by atoms with Gasteiger partial charge in [0, 0.05) is 0 Å². The molecule has 20 heavy (non-hydrogen) atoms. The van der Waals surface area contributed by atoms with Crippen molar-refractivity contribution in [2.45, 2.75) is 0 Å². The van der Waals surface area contributed by atoms with E-state index >= 15 is 0 Å². The first-order valence-corrected chi connectivity index (χ1v) is 8.86. The van der Waals surface area contributed by atoms with Crippen molar-refractivity contribution in [3.63, 3.8) is 0 Å². The van der Waals surface area contributed by atoms with Crippen molar-refractivity contribution in [3.8, 4) is 10.0 Å². The Labute approximate surface area is 136 Å². The van der Waals surface area contributed by atoms with E-state index in [0.29, 0.717) is 5.56 Å². The molecule has 2 aromatic carbocycles. The van der Waals surface area contributed by atoms with Gasteiger partial charge >= 0.3 is 137 Å². The third kappa shape index (κ3) is 2.32. The van der Waals surface area contributed by atoms with Crippen LogP contribution in [0, 0.1) is 3.57 Å². The number of benzene rings is 2. The van der Waals surface area contributed by atoms with Crippen molar-refractivity contribution in [3.05, 3.63) is 57.7 Å². The fourth-order valence-electron chi connectivity index (χ4n) is 2.16. The zero-order valence-electron chi connectivity index (χ0n) is 10.7. The van der Waals surface area contributed by atoms with Crippen molar-refractivity contribution in [1.82, 2.24) is 0 Å². The summed E-state index contributed by atoms with van der Waals surface area (Å²) in [5.41, 5.74) is 1.65. The fourth-order valence-corrected chi connectivity index (χ4v) is 6.28. The van der Waals surface area contributed by atoms with Crippen LogP contribution in [0.5, 0.6) is 0 Å². The minimum absolute atomic E-state index is 0.233. The SMILES string of the molecule is COC(=O)c1ccccc1-c1[se]c2ccccc2c1I. The molecular formula is C16H11IO2Se. The topological polar surface area (TPSA) is 26.3 Å². The average molecular weight is 441 g/mol. The van der Waals surface area contributed by atoms with E-state index in [2.05, 4.69) is 46.9 Å². The molecule has 0 aliphatic carbocycles. The number of methoxy groups -OCH3 is 1. The molecule has 0 saturated heterocycles. The van der Waals surface area contributed by atoms with Crippen LogP contribution in [-0.2, 0) is 4.74 Å². The summed E-state index contributed by atoms with van der Waals surface area (Å²) in [6.45, 7) is 0. The Hall–Kier alpha value is -1.10. The third-order valence-corrected chi connectivity index (χ3v) is 7.58. The number of halogens is 1. The molecule has 0 radical (unpaired) electrons. The van der Waals surface area contributed by atoms with Crippen LogP contribution in [0.4, 0.5) is 0 Å². The van der Waals surface area contributed by atoms with Gasteiger partial charge in [0.15, 0.2) is 0 Å².